The van der Waals surface area contributed by atoms with Gasteiger partial charge in [-0.05, 0) is 24.6 Å². The third-order valence-corrected chi connectivity index (χ3v) is 4.34. The lowest BCUT2D eigenvalue weighted by molar-refractivity contribution is -0.117. The number of aromatic nitrogens is 2. The second-order valence-corrected chi connectivity index (χ2v) is 6.27. The molecule has 0 aliphatic rings. The number of rotatable bonds is 6. The van der Waals surface area contributed by atoms with Crippen molar-refractivity contribution in [2.24, 2.45) is 7.05 Å². The Labute approximate surface area is 157 Å². The summed E-state index contributed by atoms with van der Waals surface area (Å²) in [5, 5.41) is 2.81. The summed E-state index contributed by atoms with van der Waals surface area (Å²) in [6.45, 7) is 1.92. The van der Waals surface area contributed by atoms with Gasteiger partial charge in [0.15, 0.2) is 0 Å². The summed E-state index contributed by atoms with van der Waals surface area (Å²) >= 11 is 0. The third kappa shape index (κ3) is 4.06. The van der Waals surface area contributed by atoms with Crippen LogP contribution >= 0.6 is 0 Å². The number of imidazole rings is 1. The molecule has 2 aromatic carbocycles. The van der Waals surface area contributed by atoms with Crippen molar-refractivity contribution in [3.8, 4) is 5.75 Å². The van der Waals surface area contributed by atoms with Crippen LogP contribution in [0.2, 0.25) is 0 Å². The van der Waals surface area contributed by atoms with Gasteiger partial charge >= 0.3 is 0 Å². The Hall–Kier alpha value is -3.41. The molecule has 1 unspecified atom stereocenters. The average Bonchev–Trinajstić information content (AvgIpc) is 3.11. The summed E-state index contributed by atoms with van der Waals surface area (Å²) in [6, 6.07) is 13.7. The van der Waals surface area contributed by atoms with Crippen molar-refractivity contribution in [1.29, 1.82) is 0 Å². The van der Waals surface area contributed by atoms with Crippen LogP contribution in [0.3, 0.4) is 0 Å². The molecule has 0 radical (unpaired) electrons. The van der Waals surface area contributed by atoms with Crippen LogP contribution in [0, 0.1) is 6.92 Å². The monoisotopic (exact) mass is 363 g/mol. The van der Waals surface area contributed by atoms with Gasteiger partial charge in [0.25, 0.3) is 5.91 Å². The quantitative estimate of drug-likeness (QED) is 0.540. The molecule has 0 saturated carbocycles. The normalized spacial score (nSPS) is 11.7. The van der Waals surface area contributed by atoms with Gasteiger partial charge in [0.1, 0.15) is 17.6 Å². The minimum absolute atomic E-state index is 0.349. The molecular formula is C21H21N3O3. The van der Waals surface area contributed by atoms with Crippen LogP contribution in [0.5, 0.6) is 5.75 Å². The van der Waals surface area contributed by atoms with E-state index < -0.39 is 17.7 Å². The van der Waals surface area contributed by atoms with E-state index in [1.165, 1.54) is 0 Å². The zero-order chi connectivity index (χ0) is 19.4. The van der Waals surface area contributed by atoms with Gasteiger partial charge in [-0.25, -0.2) is 4.98 Å². The van der Waals surface area contributed by atoms with Crippen LogP contribution in [0.25, 0.3) is 0 Å². The van der Waals surface area contributed by atoms with E-state index in [-0.39, 0.29) is 0 Å². The van der Waals surface area contributed by atoms with E-state index >= 15 is 0 Å². The van der Waals surface area contributed by atoms with Gasteiger partial charge in [-0.1, -0.05) is 42.0 Å². The molecule has 1 heterocycles. The summed E-state index contributed by atoms with van der Waals surface area (Å²) < 4.78 is 7.09. The molecule has 0 spiro atoms. The van der Waals surface area contributed by atoms with Crippen LogP contribution in [0.4, 0.5) is 0 Å². The Morgan fingerprint density at radius 1 is 1.15 bits per heavy atom. The smallest absolute Gasteiger partial charge is 0.293 e. The summed E-state index contributed by atoms with van der Waals surface area (Å²) in [4.78, 5) is 29.5. The standard InChI is InChI=1S/C21H21N3O3/c1-14-7-9-15(10-8-14)19(25)21(26)23-18(20-22-11-12-24(20)2)16-5-4-6-17(13-16)27-3/h4-13,18H,1-3H3,(H,23,26). The lowest BCUT2D eigenvalue weighted by Gasteiger charge is -2.19. The molecule has 138 valence electrons. The molecular weight excluding hydrogens is 342 g/mol. The van der Waals surface area contributed by atoms with Gasteiger partial charge in [0, 0.05) is 25.0 Å². The van der Waals surface area contributed by atoms with Crippen molar-refractivity contribution < 1.29 is 14.3 Å². The van der Waals surface area contributed by atoms with E-state index in [0.717, 1.165) is 11.1 Å². The molecule has 0 fully saturated rings. The zero-order valence-electron chi connectivity index (χ0n) is 15.5. The first kappa shape index (κ1) is 18.4. The summed E-state index contributed by atoms with van der Waals surface area (Å²) in [6.07, 6.45) is 3.44. The SMILES string of the molecule is COc1cccc(C(NC(=O)C(=O)c2ccc(C)cc2)c2nccn2C)c1. The number of ether oxygens (including phenoxy) is 1. The summed E-state index contributed by atoms with van der Waals surface area (Å²) in [7, 11) is 3.41. The molecule has 6 heteroatoms. The Balaban J connectivity index is 1.91. The highest BCUT2D eigenvalue weighted by atomic mass is 16.5. The second-order valence-electron chi connectivity index (χ2n) is 6.27. The van der Waals surface area contributed by atoms with E-state index in [1.54, 1.807) is 48.3 Å². The number of methoxy groups -OCH3 is 1. The number of hydrogen-bond donors (Lipinski definition) is 1. The van der Waals surface area contributed by atoms with Crippen LogP contribution < -0.4 is 10.1 Å². The number of nitrogens with zero attached hydrogens (tertiary/aromatic N) is 2. The molecule has 1 amide bonds. The molecule has 1 N–H and O–H groups in total. The largest absolute Gasteiger partial charge is 0.497 e. The van der Waals surface area contributed by atoms with E-state index in [0.29, 0.717) is 17.1 Å². The number of benzene rings is 2. The highest BCUT2D eigenvalue weighted by Crippen LogP contribution is 2.24. The van der Waals surface area contributed by atoms with Gasteiger partial charge in [0.05, 0.1) is 7.11 Å². The van der Waals surface area contributed by atoms with Crippen LogP contribution in [0.1, 0.15) is 33.4 Å². The maximum Gasteiger partial charge on any atom is 0.293 e. The highest BCUT2D eigenvalue weighted by molar-refractivity contribution is 6.42. The van der Waals surface area contributed by atoms with E-state index in [1.807, 2.05) is 38.2 Å². The van der Waals surface area contributed by atoms with Crippen molar-refractivity contribution in [2.75, 3.05) is 7.11 Å². The predicted molar refractivity (Wildman–Crippen MR) is 102 cm³/mol. The molecule has 0 aliphatic heterocycles. The minimum Gasteiger partial charge on any atom is -0.497 e. The van der Waals surface area contributed by atoms with Gasteiger partial charge in [0.2, 0.25) is 5.78 Å². The van der Waals surface area contributed by atoms with E-state index in [4.69, 9.17) is 4.74 Å². The molecule has 0 saturated heterocycles. The fourth-order valence-electron chi connectivity index (χ4n) is 2.81. The Morgan fingerprint density at radius 3 is 2.52 bits per heavy atom. The lowest BCUT2D eigenvalue weighted by Crippen LogP contribution is -2.36. The molecule has 0 aliphatic carbocycles. The van der Waals surface area contributed by atoms with E-state index in [9.17, 15) is 9.59 Å². The zero-order valence-corrected chi connectivity index (χ0v) is 15.5. The van der Waals surface area contributed by atoms with E-state index in [2.05, 4.69) is 10.3 Å². The number of carbonyl (C=O) groups excluding carboxylic acids is 2. The number of aryl methyl sites for hydroxylation is 2. The Bertz CT molecular complexity index is 961. The van der Waals surface area contributed by atoms with Gasteiger partial charge < -0.3 is 14.6 Å². The first-order chi connectivity index (χ1) is 13.0. The number of ketones is 1. The fourth-order valence-corrected chi connectivity index (χ4v) is 2.81. The van der Waals surface area contributed by atoms with Crippen LogP contribution in [-0.4, -0.2) is 28.4 Å². The molecule has 1 aromatic heterocycles. The first-order valence-corrected chi connectivity index (χ1v) is 8.52. The number of amides is 1. The number of nitrogens with one attached hydrogen (secondary N) is 1. The topological polar surface area (TPSA) is 73.2 Å². The molecule has 0 bridgehead atoms. The molecule has 27 heavy (non-hydrogen) atoms. The lowest BCUT2D eigenvalue weighted by atomic mass is 10.0. The van der Waals surface area contributed by atoms with Crippen molar-refractivity contribution in [1.82, 2.24) is 14.9 Å². The first-order valence-electron chi connectivity index (χ1n) is 8.52. The van der Waals surface area contributed by atoms with Gasteiger partial charge in [-0.3, -0.25) is 9.59 Å². The van der Waals surface area contributed by atoms with Crippen molar-refractivity contribution in [3.05, 3.63) is 83.4 Å². The molecule has 3 aromatic rings. The van der Waals surface area contributed by atoms with Gasteiger partial charge in [-0.2, -0.15) is 0 Å². The maximum absolute atomic E-state index is 12.6. The number of Topliss-reactive ketones (excluding diaryl/α,β-unsaturated/α-hetero) is 1. The molecule has 6 nitrogen and oxygen atoms in total. The molecule has 3 rings (SSSR count). The number of carbonyl (C=O) groups is 2. The van der Waals surface area contributed by atoms with Crippen molar-refractivity contribution in [2.45, 2.75) is 13.0 Å². The number of hydrogen-bond acceptors (Lipinski definition) is 4. The Morgan fingerprint density at radius 2 is 1.89 bits per heavy atom. The maximum atomic E-state index is 12.6. The highest BCUT2D eigenvalue weighted by Gasteiger charge is 2.25. The minimum atomic E-state index is -0.685. The summed E-state index contributed by atoms with van der Waals surface area (Å²) in [5.41, 5.74) is 2.14. The Kier molecular flexibility index (Phi) is 5.35. The molecule has 1 atom stereocenters. The fraction of sp³-hybridized carbons (Fsp3) is 0.190. The summed E-state index contributed by atoms with van der Waals surface area (Å²) in [5.74, 6) is 0.00547. The average molecular weight is 363 g/mol. The van der Waals surface area contributed by atoms with Crippen molar-refractivity contribution >= 4 is 11.7 Å². The predicted octanol–water partition coefficient (Wildman–Crippen LogP) is 2.83. The second kappa shape index (κ2) is 7.86. The van der Waals surface area contributed by atoms with Crippen molar-refractivity contribution in [3.63, 3.8) is 0 Å². The van der Waals surface area contributed by atoms with Crippen LogP contribution in [-0.2, 0) is 11.8 Å². The third-order valence-electron chi connectivity index (χ3n) is 4.34. The van der Waals surface area contributed by atoms with Crippen LogP contribution in [0.15, 0.2) is 60.9 Å². The van der Waals surface area contributed by atoms with Gasteiger partial charge in [-0.15, -0.1) is 0 Å².